The second-order valence-corrected chi connectivity index (χ2v) is 2.35. The van der Waals surface area contributed by atoms with Gasteiger partial charge in [0.2, 0.25) is 0 Å². The number of rotatable bonds is 2. The molecule has 1 rings (SSSR count). The number of carboxylic acids is 1. The number of carboxylic acid groups (broad SMARTS) is 1. The number of halogens is 1. The van der Waals surface area contributed by atoms with Gasteiger partial charge in [0.15, 0.2) is 0 Å². The minimum absolute atomic E-state index is 0. The minimum Gasteiger partial charge on any atom is -0.481 e. The Morgan fingerprint density at radius 1 is 1.67 bits per heavy atom. The number of nitrogens with zero attached hydrogens (tertiary/aromatic N) is 1. The van der Waals surface area contributed by atoms with Crippen LogP contribution < -0.4 is 0 Å². The molecule has 0 aliphatic rings. The molecule has 0 radical (unpaired) electrons. The summed E-state index contributed by atoms with van der Waals surface area (Å²) in [4.78, 5) is 14.3. The van der Waals surface area contributed by atoms with Gasteiger partial charge >= 0.3 is 5.97 Å². The number of carbonyl (C=O) groups is 1. The lowest BCUT2D eigenvalue weighted by atomic mass is 10.0. The SMILES string of the molecule is CC(C(=O)O)c1cccnc1.Cl. The molecule has 66 valence electrons. The molecule has 1 aromatic heterocycles. The van der Waals surface area contributed by atoms with Gasteiger partial charge in [0.05, 0.1) is 5.92 Å². The van der Waals surface area contributed by atoms with Crippen LogP contribution in [0.15, 0.2) is 24.5 Å². The maximum atomic E-state index is 10.5. The van der Waals surface area contributed by atoms with Gasteiger partial charge in [-0.25, -0.2) is 0 Å². The van der Waals surface area contributed by atoms with Gasteiger partial charge in [-0.3, -0.25) is 9.78 Å². The highest BCUT2D eigenvalue weighted by molar-refractivity contribution is 5.85. The predicted octanol–water partition coefficient (Wildman–Crippen LogP) is 1.69. The fourth-order valence-electron chi connectivity index (χ4n) is 0.775. The molecule has 1 unspecified atom stereocenters. The highest BCUT2D eigenvalue weighted by Gasteiger charge is 2.12. The van der Waals surface area contributed by atoms with E-state index in [1.807, 2.05) is 0 Å². The molecule has 0 fully saturated rings. The van der Waals surface area contributed by atoms with Gasteiger partial charge in [-0.2, -0.15) is 0 Å². The van der Waals surface area contributed by atoms with Crippen LogP contribution in [0.1, 0.15) is 18.4 Å². The Hall–Kier alpha value is -1.09. The van der Waals surface area contributed by atoms with Crippen LogP contribution >= 0.6 is 12.4 Å². The van der Waals surface area contributed by atoms with Crippen molar-refractivity contribution in [2.45, 2.75) is 12.8 Å². The highest BCUT2D eigenvalue weighted by atomic mass is 35.5. The summed E-state index contributed by atoms with van der Waals surface area (Å²) in [7, 11) is 0. The number of pyridine rings is 1. The minimum atomic E-state index is -0.821. The fourth-order valence-corrected chi connectivity index (χ4v) is 0.775. The van der Waals surface area contributed by atoms with Crippen LogP contribution in [0.3, 0.4) is 0 Å². The van der Waals surface area contributed by atoms with Crippen LogP contribution in [0.5, 0.6) is 0 Å². The van der Waals surface area contributed by atoms with Gasteiger partial charge in [-0.15, -0.1) is 12.4 Å². The standard InChI is InChI=1S/C8H9NO2.ClH/c1-6(8(10)11)7-3-2-4-9-5-7;/h2-6H,1H3,(H,10,11);1H. The Morgan fingerprint density at radius 2 is 2.33 bits per heavy atom. The average Bonchev–Trinajstić information content (AvgIpc) is 2.05. The van der Waals surface area contributed by atoms with E-state index in [4.69, 9.17) is 5.11 Å². The van der Waals surface area contributed by atoms with Crippen molar-refractivity contribution in [1.29, 1.82) is 0 Å². The van der Waals surface area contributed by atoms with Gasteiger partial charge in [0, 0.05) is 12.4 Å². The van der Waals surface area contributed by atoms with Gasteiger partial charge < -0.3 is 5.11 Å². The highest BCUT2D eigenvalue weighted by Crippen LogP contribution is 2.12. The molecule has 4 heteroatoms. The maximum Gasteiger partial charge on any atom is 0.310 e. The summed E-state index contributed by atoms with van der Waals surface area (Å²) in [6, 6.07) is 3.49. The molecular formula is C8H10ClNO2. The van der Waals surface area contributed by atoms with Crippen molar-refractivity contribution >= 4 is 18.4 Å². The molecule has 0 saturated heterocycles. The Labute approximate surface area is 76.9 Å². The molecule has 0 saturated carbocycles. The van der Waals surface area contributed by atoms with E-state index in [0.717, 1.165) is 5.56 Å². The van der Waals surface area contributed by atoms with Gasteiger partial charge in [-0.05, 0) is 18.6 Å². The Morgan fingerprint density at radius 3 is 2.75 bits per heavy atom. The van der Waals surface area contributed by atoms with E-state index in [1.165, 1.54) is 0 Å². The number of aromatic nitrogens is 1. The topological polar surface area (TPSA) is 50.2 Å². The fraction of sp³-hybridized carbons (Fsp3) is 0.250. The zero-order valence-electron chi connectivity index (χ0n) is 6.60. The Balaban J connectivity index is 0.00000121. The van der Waals surface area contributed by atoms with E-state index >= 15 is 0 Å². The third-order valence-corrected chi connectivity index (χ3v) is 1.55. The number of hydrogen-bond donors (Lipinski definition) is 1. The second kappa shape index (κ2) is 4.72. The van der Waals surface area contributed by atoms with E-state index < -0.39 is 11.9 Å². The first-order chi connectivity index (χ1) is 5.22. The van der Waals surface area contributed by atoms with E-state index in [1.54, 1.807) is 31.5 Å². The summed E-state index contributed by atoms with van der Waals surface area (Å²) >= 11 is 0. The van der Waals surface area contributed by atoms with Crippen LogP contribution in [0.2, 0.25) is 0 Å². The maximum absolute atomic E-state index is 10.5. The number of hydrogen-bond acceptors (Lipinski definition) is 2. The van der Waals surface area contributed by atoms with Crippen molar-refractivity contribution in [3.8, 4) is 0 Å². The summed E-state index contributed by atoms with van der Waals surface area (Å²) < 4.78 is 0. The van der Waals surface area contributed by atoms with Crippen molar-refractivity contribution < 1.29 is 9.90 Å². The van der Waals surface area contributed by atoms with Gasteiger partial charge in [0.1, 0.15) is 0 Å². The lowest BCUT2D eigenvalue weighted by Gasteiger charge is -2.03. The molecule has 0 aliphatic heterocycles. The molecule has 1 atom stereocenters. The van der Waals surface area contributed by atoms with Crippen LogP contribution in [-0.2, 0) is 4.79 Å². The summed E-state index contributed by atoms with van der Waals surface area (Å²) in [5.74, 6) is -1.29. The van der Waals surface area contributed by atoms with Crippen molar-refractivity contribution in [2.24, 2.45) is 0 Å². The molecule has 0 bridgehead atoms. The first kappa shape index (κ1) is 10.9. The van der Waals surface area contributed by atoms with Crippen molar-refractivity contribution in [2.75, 3.05) is 0 Å². The number of aliphatic carboxylic acids is 1. The smallest absolute Gasteiger partial charge is 0.310 e. The van der Waals surface area contributed by atoms with Gasteiger partial charge in [-0.1, -0.05) is 6.07 Å². The lowest BCUT2D eigenvalue weighted by molar-refractivity contribution is -0.138. The van der Waals surface area contributed by atoms with Gasteiger partial charge in [0.25, 0.3) is 0 Å². The van der Waals surface area contributed by atoms with Crippen LogP contribution in [0.25, 0.3) is 0 Å². The van der Waals surface area contributed by atoms with Crippen LogP contribution in [-0.4, -0.2) is 16.1 Å². The monoisotopic (exact) mass is 187 g/mol. The summed E-state index contributed by atoms with van der Waals surface area (Å²) in [5.41, 5.74) is 0.736. The normalized spacial score (nSPS) is 11.4. The van der Waals surface area contributed by atoms with Crippen molar-refractivity contribution in [3.63, 3.8) is 0 Å². The average molecular weight is 188 g/mol. The largest absolute Gasteiger partial charge is 0.481 e. The summed E-state index contributed by atoms with van der Waals surface area (Å²) in [5, 5.41) is 8.61. The molecule has 1 heterocycles. The quantitative estimate of drug-likeness (QED) is 0.767. The lowest BCUT2D eigenvalue weighted by Crippen LogP contribution is -2.07. The molecule has 0 aromatic carbocycles. The van der Waals surface area contributed by atoms with E-state index in [-0.39, 0.29) is 12.4 Å². The molecule has 1 aromatic rings. The van der Waals surface area contributed by atoms with Crippen LogP contribution in [0, 0.1) is 0 Å². The third-order valence-electron chi connectivity index (χ3n) is 1.55. The zero-order valence-corrected chi connectivity index (χ0v) is 7.41. The Kier molecular flexibility index (Phi) is 4.29. The van der Waals surface area contributed by atoms with Crippen molar-refractivity contribution in [1.82, 2.24) is 4.98 Å². The third kappa shape index (κ3) is 2.51. The molecule has 1 N–H and O–H groups in total. The zero-order chi connectivity index (χ0) is 8.27. The predicted molar refractivity (Wildman–Crippen MR) is 47.5 cm³/mol. The first-order valence-electron chi connectivity index (χ1n) is 3.34. The van der Waals surface area contributed by atoms with E-state index in [2.05, 4.69) is 4.98 Å². The molecule has 3 nitrogen and oxygen atoms in total. The molecule has 0 spiro atoms. The van der Waals surface area contributed by atoms with E-state index in [9.17, 15) is 4.79 Å². The van der Waals surface area contributed by atoms with Crippen molar-refractivity contribution in [3.05, 3.63) is 30.1 Å². The Bertz CT molecular complexity index is 250. The molecule has 0 aliphatic carbocycles. The molecule has 0 amide bonds. The van der Waals surface area contributed by atoms with Crippen LogP contribution in [0.4, 0.5) is 0 Å². The summed E-state index contributed by atoms with van der Waals surface area (Å²) in [6.45, 7) is 1.64. The van der Waals surface area contributed by atoms with E-state index in [0.29, 0.717) is 0 Å². The molecular weight excluding hydrogens is 178 g/mol. The first-order valence-corrected chi connectivity index (χ1v) is 3.34. The summed E-state index contributed by atoms with van der Waals surface area (Å²) in [6.07, 6.45) is 3.19. The second-order valence-electron chi connectivity index (χ2n) is 2.35. The molecule has 12 heavy (non-hydrogen) atoms.